The predicted molar refractivity (Wildman–Crippen MR) is 115 cm³/mol. The van der Waals surface area contributed by atoms with E-state index < -0.39 is 5.97 Å². The lowest BCUT2D eigenvalue weighted by atomic mass is 9.83. The zero-order chi connectivity index (χ0) is 21.7. The van der Waals surface area contributed by atoms with Crippen molar-refractivity contribution in [3.05, 3.63) is 105 Å². The number of aromatic nitrogens is 1. The summed E-state index contributed by atoms with van der Waals surface area (Å²) < 4.78 is 1.45. The van der Waals surface area contributed by atoms with Crippen molar-refractivity contribution in [2.75, 3.05) is 0 Å². The van der Waals surface area contributed by atoms with E-state index in [1.807, 2.05) is 55.5 Å². The van der Waals surface area contributed by atoms with Crippen LogP contribution < -0.4 is 5.56 Å². The van der Waals surface area contributed by atoms with Crippen molar-refractivity contribution in [3.8, 4) is 0 Å². The predicted octanol–water partition coefficient (Wildman–Crippen LogP) is 3.72. The van der Waals surface area contributed by atoms with Crippen molar-refractivity contribution in [3.63, 3.8) is 0 Å². The average Bonchev–Trinajstić information content (AvgIpc) is 2.72. The molecule has 0 fully saturated rings. The molecular weight excluding hydrogens is 380 g/mol. The van der Waals surface area contributed by atoms with E-state index in [0.29, 0.717) is 17.7 Å². The highest BCUT2D eigenvalue weighted by atomic mass is 16.4. The summed E-state index contributed by atoms with van der Waals surface area (Å²) in [4.78, 5) is 22.7. The summed E-state index contributed by atoms with van der Waals surface area (Å²) in [6.07, 6.45) is 2.04. The lowest BCUT2D eigenvalue weighted by molar-refractivity contribution is -0.136. The number of pyridine rings is 1. The highest BCUT2D eigenvalue weighted by Gasteiger charge is 2.20. The standard InChI is InChI=1S/C24H24N2O4/c1-16-5-3-4-6-20(16)21(18-9-7-17(8-10-18)13-24(28)29)14-22(25-30)19-11-12-23(27)26(2)15-19/h3-12,15,21,30H,13-14H2,1-2H3,(H,28,29)/t21-/m1/s1. The molecule has 2 aromatic carbocycles. The SMILES string of the molecule is Cc1ccccc1[C@H](CC(=NO)c1ccc(=O)n(C)c1)c1ccc(CC(=O)O)cc1. The van der Waals surface area contributed by atoms with E-state index >= 15 is 0 Å². The number of carboxylic acid groups (broad SMARTS) is 1. The van der Waals surface area contributed by atoms with E-state index in [1.165, 1.54) is 10.6 Å². The first-order chi connectivity index (χ1) is 14.4. The average molecular weight is 404 g/mol. The second kappa shape index (κ2) is 9.22. The number of aliphatic carboxylic acids is 1. The number of hydrogen-bond donors (Lipinski definition) is 2. The lowest BCUT2D eigenvalue weighted by Gasteiger charge is -2.21. The molecule has 30 heavy (non-hydrogen) atoms. The van der Waals surface area contributed by atoms with Gasteiger partial charge in [0.25, 0.3) is 0 Å². The lowest BCUT2D eigenvalue weighted by Crippen LogP contribution is -2.18. The van der Waals surface area contributed by atoms with Gasteiger partial charge in [0.15, 0.2) is 0 Å². The van der Waals surface area contributed by atoms with Gasteiger partial charge in [-0.1, -0.05) is 53.7 Å². The van der Waals surface area contributed by atoms with Crippen molar-refractivity contribution in [2.24, 2.45) is 12.2 Å². The fourth-order valence-corrected chi connectivity index (χ4v) is 3.60. The third-order valence-corrected chi connectivity index (χ3v) is 5.24. The highest BCUT2D eigenvalue weighted by Crippen LogP contribution is 2.32. The minimum Gasteiger partial charge on any atom is -0.481 e. The van der Waals surface area contributed by atoms with Gasteiger partial charge in [0.1, 0.15) is 0 Å². The number of rotatable bonds is 7. The zero-order valence-corrected chi connectivity index (χ0v) is 16.9. The molecule has 154 valence electrons. The van der Waals surface area contributed by atoms with Crippen LogP contribution in [0.15, 0.2) is 76.8 Å². The van der Waals surface area contributed by atoms with Gasteiger partial charge in [0, 0.05) is 37.2 Å². The van der Waals surface area contributed by atoms with Crippen LogP contribution in [0.4, 0.5) is 0 Å². The number of benzene rings is 2. The van der Waals surface area contributed by atoms with Crippen LogP contribution in [0.3, 0.4) is 0 Å². The first-order valence-electron chi connectivity index (χ1n) is 9.63. The molecule has 1 heterocycles. The third-order valence-electron chi connectivity index (χ3n) is 5.24. The van der Waals surface area contributed by atoms with E-state index in [9.17, 15) is 14.8 Å². The number of carboxylic acids is 1. The van der Waals surface area contributed by atoms with Gasteiger partial charge in [-0.3, -0.25) is 9.59 Å². The summed E-state index contributed by atoms with van der Waals surface area (Å²) in [5.74, 6) is -0.976. The summed E-state index contributed by atoms with van der Waals surface area (Å²) in [5.41, 5.74) is 4.91. The summed E-state index contributed by atoms with van der Waals surface area (Å²) in [6.45, 7) is 2.03. The summed E-state index contributed by atoms with van der Waals surface area (Å²) in [5, 5.41) is 22.3. The summed E-state index contributed by atoms with van der Waals surface area (Å²) >= 11 is 0. The van der Waals surface area contributed by atoms with Gasteiger partial charge in [0.2, 0.25) is 5.56 Å². The van der Waals surface area contributed by atoms with Crippen LogP contribution in [0.5, 0.6) is 0 Å². The van der Waals surface area contributed by atoms with Crippen LogP contribution in [0, 0.1) is 6.92 Å². The molecule has 0 radical (unpaired) electrons. The van der Waals surface area contributed by atoms with Crippen molar-refractivity contribution < 1.29 is 15.1 Å². The van der Waals surface area contributed by atoms with Crippen LogP contribution in [-0.4, -0.2) is 26.6 Å². The second-order valence-electron chi connectivity index (χ2n) is 7.34. The summed E-state index contributed by atoms with van der Waals surface area (Å²) in [7, 11) is 1.65. The van der Waals surface area contributed by atoms with Crippen LogP contribution >= 0.6 is 0 Å². The van der Waals surface area contributed by atoms with Gasteiger partial charge in [0.05, 0.1) is 12.1 Å². The molecule has 6 heteroatoms. The van der Waals surface area contributed by atoms with E-state index in [0.717, 1.165) is 22.3 Å². The number of oxime groups is 1. The van der Waals surface area contributed by atoms with Crippen molar-refractivity contribution >= 4 is 11.7 Å². The Balaban J connectivity index is 2.01. The molecule has 0 aliphatic rings. The van der Waals surface area contributed by atoms with E-state index in [2.05, 4.69) is 5.16 Å². The molecule has 1 atom stereocenters. The van der Waals surface area contributed by atoms with Gasteiger partial charge >= 0.3 is 5.97 Å². The molecule has 2 N–H and O–H groups in total. The molecule has 6 nitrogen and oxygen atoms in total. The highest BCUT2D eigenvalue weighted by molar-refractivity contribution is 6.00. The first kappa shape index (κ1) is 21.0. The maximum absolute atomic E-state index is 11.7. The Morgan fingerprint density at radius 2 is 1.77 bits per heavy atom. The molecule has 0 amide bonds. The molecule has 3 rings (SSSR count). The zero-order valence-electron chi connectivity index (χ0n) is 16.9. The Morgan fingerprint density at radius 1 is 1.07 bits per heavy atom. The Morgan fingerprint density at radius 3 is 2.37 bits per heavy atom. The van der Waals surface area contributed by atoms with E-state index in [-0.39, 0.29) is 17.9 Å². The maximum Gasteiger partial charge on any atom is 0.307 e. The molecule has 1 aromatic heterocycles. The minimum absolute atomic E-state index is 0.0310. The van der Waals surface area contributed by atoms with Crippen LogP contribution in [-0.2, 0) is 18.3 Å². The van der Waals surface area contributed by atoms with Gasteiger partial charge in [-0.15, -0.1) is 0 Å². The normalized spacial score (nSPS) is 12.5. The van der Waals surface area contributed by atoms with Gasteiger partial charge in [-0.2, -0.15) is 0 Å². The molecule has 0 aliphatic carbocycles. The topological polar surface area (TPSA) is 91.9 Å². The fourth-order valence-electron chi connectivity index (χ4n) is 3.60. The largest absolute Gasteiger partial charge is 0.481 e. The Bertz CT molecular complexity index is 1130. The Kier molecular flexibility index (Phi) is 6.47. The molecule has 0 bridgehead atoms. The molecule has 0 aliphatic heterocycles. The number of nitrogens with zero attached hydrogens (tertiary/aromatic N) is 2. The van der Waals surface area contributed by atoms with Gasteiger partial charge < -0.3 is 14.9 Å². The smallest absolute Gasteiger partial charge is 0.307 e. The monoisotopic (exact) mass is 404 g/mol. The quantitative estimate of drug-likeness (QED) is 0.357. The molecule has 0 spiro atoms. The van der Waals surface area contributed by atoms with Crippen LogP contribution in [0.1, 0.15) is 40.2 Å². The van der Waals surface area contributed by atoms with Crippen molar-refractivity contribution in [1.82, 2.24) is 4.57 Å². The molecule has 3 aromatic rings. The van der Waals surface area contributed by atoms with E-state index in [4.69, 9.17) is 5.11 Å². The van der Waals surface area contributed by atoms with Crippen LogP contribution in [0.25, 0.3) is 0 Å². The Labute approximate surface area is 174 Å². The number of aryl methyl sites for hydroxylation is 2. The Hall–Kier alpha value is -3.67. The first-order valence-corrected chi connectivity index (χ1v) is 9.63. The van der Waals surface area contributed by atoms with Crippen LogP contribution in [0.2, 0.25) is 0 Å². The van der Waals surface area contributed by atoms with Gasteiger partial charge in [-0.05, 0) is 35.2 Å². The molecule has 0 unspecified atom stereocenters. The number of hydrogen-bond acceptors (Lipinski definition) is 4. The summed E-state index contributed by atoms with van der Waals surface area (Å²) in [6, 6.07) is 18.6. The van der Waals surface area contributed by atoms with Crippen molar-refractivity contribution in [2.45, 2.75) is 25.7 Å². The maximum atomic E-state index is 11.7. The minimum atomic E-state index is -0.873. The van der Waals surface area contributed by atoms with E-state index in [1.54, 1.807) is 19.3 Å². The molecular formula is C24H24N2O4. The second-order valence-corrected chi connectivity index (χ2v) is 7.34. The van der Waals surface area contributed by atoms with Gasteiger partial charge in [-0.25, -0.2) is 0 Å². The fraction of sp³-hybridized carbons (Fsp3) is 0.208. The molecule has 0 saturated carbocycles. The van der Waals surface area contributed by atoms with Crippen molar-refractivity contribution in [1.29, 1.82) is 0 Å². The third kappa shape index (κ3) is 4.84. The molecule has 0 saturated heterocycles. The number of carbonyl (C=O) groups is 1.